The smallest absolute Gasteiger partial charge is 0.317 e. The Kier molecular flexibility index (Phi) is 4.60. The van der Waals surface area contributed by atoms with Crippen molar-refractivity contribution in [3.8, 4) is 5.69 Å². The van der Waals surface area contributed by atoms with Gasteiger partial charge in [-0.05, 0) is 56.3 Å². The van der Waals surface area contributed by atoms with Gasteiger partial charge in [-0.2, -0.15) is 18.3 Å². The third-order valence-electron chi connectivity index (χ3n) is 4.19. The van der Waals surface area contributed by atoms with Crippen LogP contribution in [-0.4, -0.2) is 31.3 Å². The minimum Gasteiger partial charge on any atom is -0.317 e. The lowest BCUT2D eigenvalue weighted by molar-refractivity contribution is -0.141. The van der Waals surface area contributed by atoms with E-state index in [4.69, 9.17) is 5.14 Å². The number of nitrogens with two attached hydrogens (primary N) is 1. The summed E-state index contributed by atoms with van der Waals surface area (Å²) in [6.07, 6.45) is -3.13. The summed E-state index contributed by atoms with van der Waals surface area (Å²) in [5, 5.41) is 11.9. The van der Waals surface area contributed by atoms with Crippen LogP contribution in [0.3, 0.4) is 0 Å². The first-order valence-corrected chi connectivity index (χ1v) is 9.22. The van der Waals surface area contributed by atoms with Crippen LogP contribution in [0.1, 0.15) is 30.1 Å². The van der Waals surface area contributed by atoms with Crippen LogP contribution in [0.5, 0.6) is 0 Å². The standard InChI is InChI=1S/C15H17F3N4O2S/c16-15(17,18)14-9-13(10-5-7-20-8-6-10)22(21-14)11-1-3-12(4-2-11)25(19,23)24/h1-4,9-10,20H,5-8H2,(H2,19,23,24). The van der Waals surface area contributed by atoms with Crippen LogP contribution < -0.4 is 10.5 Å². The van der Waals surface area contributed by atoms with Crippen LogP contribution in [0.2, 0.25) is 0 Å². The third-order valence-corrected chi connectivity index (χ3v) is 5.12. The molecule has 25 heavy (non-hydrogen) atoms. The highest BCUT2D eigenvalue weighted by molar-refractivity contribution is 7.89. The van der Waals surface area contributed by atoms with Gasteiger partial charge in [-0.25, -0.2) is 18.2 Å². The quantitative estimate of drug-likeness (QED) is 0.860. The zero-order valence-electron chi connectivity index (χ0n) is 13.1. The average molecular weight is 374 g/mol. The fraction of sp³-hybridized carbons (Fsp3) is 0.400. The molecule has 2 heterocycles. The number of hydrogen-bond acceptors (Lipinski definition) is 4. The molecule has 2 aromatic rings. The molecule has 3 rings (SSSR count). The molecule has 0 amide bonds. The maximum atomic E-state index is 13.1. The predicted octanol–water partition coefficient (Wildman–Crippen LogP) is 2.01. The van der Waals surface area contributed by atoms with Crippen molar-refractivity contribution in [1.82, 2.24) is 15.1 Å². The Morgan fingerprint density at radius 1 is 1.16 bits per heavy atom. The summed E-state index contributed by atoms with van der Waals surface area (Å²) in [5.41, 5.74) is -0.134. The predicted molar refractivity (Wildman–Crippen MR) is 84.8 cm³/mol. The van der Waals surface area contributed by atoms with Gasteiger partial charge in [0.2, 0.25) is 10.0 Å². The number of alkyl halides is 3. The molecule has 0 radical (unpaired) electrons. The number of nitrogens with one attached hydrogen (secondary N) is 1. The Morgan fingerprint density at radius 2 is 1.76 bits per heavy atom. The van der Waals surface area contributed by atoms with Gasteiger partial charge in [0, 0.05) is 11.6 Å². The van der Waals surface area contributed by atoms with Gasteiger partial charge in [-0.3, -0.25) is 0 Å². The van der Waals surface area contributed by atoms with Crippen molar-refractivity contribution in [3.63, 3.8) is 0 Å². The van der Waals surface area contributed by atoms with E-state index in [1.807, 2.05) is 0 Å². The lowest BCUT2D eigenvalue weighted by Gasteiger charge is -2.23. The molecule has 1 aliphatic heterocycles. The molecule has 6 nitrogen and oxygen atoms in total. The molecule has 1 aromatic heterocycles. The number of primary sulfonamides is 1. The number of nitrogens with zero attached hydrogens (tertiary/aromatic N) is 2. The fourth-order valence-corrected chi connectivity index (χ4v) is 3.44. The van der Waals surface area contributed by atoms with E-state index in [2.05, 4.69) is 10.4 Å². The number of rotatable bonds is 3. The van der Waals surface area contributed by atoms with Crippen molar-refractivity contribution in [1.29, 1.82) is 0 Å². The number of sulfonamides is 1. The van der Waals surface area contributed by atoms with Gasteiger partial charge in [0.15, 0.2) is 5.69 Å². The van der Waals surface area contributed by atoms with E-state index in [9.17, 15) is 21.6 Å². The summed E-state index contributed by atoms with van der Waals surface area (Å²) >= 11 is 0. The molecule has 1 saturated heterocycles. The van der Waals surface area contributed by atoms with Crippen LogP contribution in [0.25, 0.3) is 5.69 Å². The molecule has 1 aliphatic rings. The topological polar surface area (TPSA) is 90.0 Å². The number of piperidine rings is 1. The van der Waals surface area contributed by atoms with Gasteiger partial charge in [-0.1, -0.05) is 0 Å². The Bertz CT molecular complexity index is 854. The third kappa shape index (κ3) is 3.86. The van der Waals surface area contributed by atoms with E-state index in [-0.39, 0.29) is 10.8 Å². The average Bonchev–Trinajstić information content (AvgIpc) is 3.00. The molecule has 136 valence electrons. The van der Waals surface area contributed by atoms with Gasteiger partial charge in [0.1, 0.15) is 0 Å². The summed E-state index contributed by atoms with van der Waals surface area (Å²) in [6.45, 7) is 1.45. The number of hydrogen-bond donors (Lipinski definition) is 2. The van der Waals surface area contributed by atoms with E-state index in [0.717, 1.165) is 19.2 Å². The van der Waals surface area contributed by atoms with E-state index in [1.165, 1.54) is 28.9 Å². The first kappa shape index (κ1) is 17.9. The second-order valence-corrected chi connectivity index (χ2v) is 7.49. The second-order valence-electron chi connectivity index (χ2n) is 5.93. The molecule has 3 N–H and O–H groups in total. The highest BCUT2D eigenvalue weighted by Crippen LogP contribution is 2.34. The molecular weight excluding hydrogens is 357 g/mol. The molecule has 1 fully saturated rings. The molecule has 0 spiro atoms. The van der Waals surface area contributed by atoms with Crippen LogP contribution in [0, 0.1) is 0 Å². The summed E-state index contributed by atoms with van der Waals surface area (Å²) < 4.78 is 63.2. The van der Waals surface area contributed by atoms with Crippen molar-refractivity contribution in [2.45, 2.75) is 29.8 Å². The second kappa shape index (κ2) is 6.43. The summed E-state index contributed by atoms with van der Waals surface area (Å²) in [4.78, 5) is -0.108. The van der Waals surface area contributed by atoms with Crippen molar-refractivity contribution in [2.24, 2.45) is 5.14 Å². The Morgan fingerprint density at radius 3 is 2.28 bits per heavy atom. The minimum absolute atomic E-state index is 0.0530. The van der Waals surface area contributed by atoms with Gasteiger partial charge in [0.05, 0.1) is 10.6 Å². The van der Waals surface area contributed by atoms with Crippen molar-refractivity contribution in [3.05, 3.63) is 41.7 Å². The van der Waals surface area contributed by atoms with E-state index in [1.54, 1.807) is 0 Å². The first-order valence-electron chi connectivity index (χ1n) is 7.67. The monoisotopic (exact) mass is 374 g/mol. The van der Waals surface area contributed by atoms with Crippen molar-refractivity contribution in [2.75, 3.05) is 13.1 Å². The minimum atomic E-state index is -4.55. The zero-order valence-corrected chi connectivity index (χ0v) is 13.9. The summed E-state index contributed by atoms with van der Waals surface area (Å²) in [7, 11) is -3.87. The Balaban J connectivity index is 2.05. The lowest BCUT2D eigenvalue weighted by atomic mass is 9.94. The van der Waals surface area contributed by atoms with Crippen LogP contribution >= 0.6 is 0 Å². The number of benzene rings is 1. The van der Waals surface area contributed by atoms with Crippen molar-refractivity contribution >= 4 is 10.0 Å². The Hall–Kier alpha value is -1.91. The molecule has 0 bridgehead atoms. The molecule has 1 aromatic carbocycles. The van der Waals surface area contributed by atoms with Gasteiger partial charge >= 0.3 is 6.18 Å². The van der Waals surface area contributed by atoms with Crippen LogP contribution in [0.4, 0.5) is 13.2 Å². The van der Waals surface area contributed by atoms with E-state index >= 15 is 0 Å². The highest BCUT2D eigenvalue weighted by atomic mass is 32.2. The molecular formula is C15H17F3N4O2S. The van der Waals surface area contributed by atoms with Crippen LogP contribution in [0.15, 0.2) is 35.2 Å². The van der Waals surface area contributed by atoms with Gasteiger partial charge in [0.25, 0.3) is 0 Å². The fourth-order valence-electron chi connectivity index (χ4n) is 2.93. The largest absolute Gasteiger partial charge is 0.435 e. The Labute approximate surface area is 142 Å². The first-order chi connectivity index (χ1) is 11.7. The van der Waals surface area contributed by atoms with E-state index in [0.29, 0.717) is 24.2 Å². The van der Waals surface area contributed by atoms with E-state index < -0.39 is 21.9 Å². The maximum absolute atomic E-state index is 13.1. The molecule has 0 aliphatic carbocycles. The SMILES string of the molecule is NS(=O)(=O)c1ccc(-n2nc(C(F)(F)F)cc2C2CCNCC2)cc1. The molecule has 0 saturated carbocycles. The lowest BCUT2D eigenvalue weighted by Crippen LogP contribution is -2.27. The highest BCUT2D eigenvalue weighted by Gasteiger charge is 2.36. The zero-order chi connectivity index (χ0) is 18.2. The van der Waals surface area contributed by atoms with Crippen LogP contribution in [-0.2, 0) is 16.2 Å². The van der Waals surface area contributed by atoms with Gasteiger partial charge < -0.3 is 5.32 Å². The summed E-state index contributed by atoms with van der Waals surface area (Å²) in [6, 6.07) is 6.39. The summed E-state index contributed by atoms with van der Waals surface area (Å²) in [5.74, 6) is -0.0530. The normalized spacial score (nSPS) is 17.0. The number of aromatic nitrogens is 2. The van der Waals surface area contributed by atoms with Crippen molar-refractivity contribution < 1.29 is 21.6 Å². The number of halogens is 3. The molecule has 10 heteroatoms. The van der Waals surface area contributed by atoms with Gasteiger partial charge in [-0.15, -0.1) is 0 Å². The molecule has 0 unspecified atom stereocenters. The maximum Gasteiger partial charge on any atom is 0.435 e. The molecule has 0 atom stereocenters.